The molecular weight excluding hydrogens is 270 g/mol. The summed E-state index contributed by atoms with van der Waals surface area (Å²) in [6.45, 7) is 0.839. The van der Waals surface area contributed by atoms with Crippen LogP contribution in [0.2, 0.25) is 0 Å². The molecule has 108 valence electrons. The third-order valence-corrected chi connectivity index (χ3v) is 4.04. The zero-order valence-corrected chi connectivity index (χ0v) is 11.3. The van der Waals surface area contributed by atoms with Crippen LogP contribution in [0.25, 0.3) is 0 Å². The van der Waals surface area contributed by atoms with Crippen LogP contribution in [0, 0.1) is 5.21 Å². The van der Waals surface area contributed by atoms with E-state index in [9.17, 15) is 13.6 Å². The van der Waals surface area contributed by atoms with E-state index in [-0.39, 0.29) is 17.1 Å². The molecule has 1 aromatic rings. The van der Waals surface area contributed by atoms with Crippen LogP contribution >= 0.6 is 0 Å². The van der Waals surface area contributed by atoms with Crippen molar-refractivity contribution in [3.63, 3.8) is 0 Å². The molecule has 0 aliphatic rings. The van der Waals surface area contributed by atoms with E-state index >= 15 is 0 Å². The van der Waals surface area contributed by atoms with Gasteiger partial charge in [-0.05, 0) is 31.5 Å². The van der Waals surface area contributed by atoms with Gasteiger partial charge in [0.1, 0.15) is 4.90 Å². The second-order valence-corrected chi connectivity index (χ2v) is 5.72. The molecule has 0 saturated carbocycles. The minimum Gasteiger partial charge on any atom is -0.733 e. The Bertz CT molecular complexity index is 490. The van der Waals surface area contributed by atoms with Gasteiger partial charge in [-0.3, -0.25) is 5.21 Å². The topological polar surface area (TPSA) is 119 Å². The normalized spacial score (nSPS) is 11.5. The first kappa shape index (κ1) is 15.9. The number of anilines is 1. The summed E-state index contributed by atoms with van der Waals surface area (Å²) >= 11 is 0. The lowest BCUT2D eigenvalue weighted by atomic mass is 10.2. The van der Waals surface area contributed by atoms with Gasteiger partial charge in [0.25, 0.3) is 0 Å². The second-order valence-electron chi connectivity index (χ2n) is 3.99. The number of para-hydroxylation sites is 1. The Labute approximate surface area is 112 Å². The molecule has 1 aromatic carbocycles. The molecule has 4 N–H and O–H groups in total. The van der Waals surface area contributed by atoms with Crippen LogP contribution in [-0.4, -0.2) is 26.7 Å². The van der Waals surface area contributed by atoms with Gasteiger partial charge in [0, 0.05) is 6.54 Å². The Morgan fingerprint density at radius 2 is 1.95 bits per heavy atom. The smallest absolute Gasteiger partial charge is 0.242 e. The minimum atomic E-state index is -3.81. The average Bonchev–Trinajstić information content (AvgIpc) is 2.38. The van der Waals surface area contributed by atoms with Gasteiger partial charge in [-0.1, -0.05) is 18.6 Å². The third kappa shape index (κ3) is 4.77. The lowest BCUT2D eigenvalue weighted by Gasteiger charge is -2.24. The molecule has 8 heteroatoms. The minimum absolute atomic E-state index is 0.244. The highest BCUT2D eigenvalue weighted by Gasteiger charge is 2.17. The van der Waals surface area contributed by atoms with E-state index in [0.717, 1.165) is 12.8 Å². The molecule has 0 aliphatic heterocycles. The van der Waals surface area contributed by atoms with Crippen LogP contribution in [-0.2, 0) is 10.0 Å². The van der Waals surface area contributed by atoms with Gasteiger partial charge in [0.15, 0.2) is 0 Å². The Morgan fingerprint density at radius 1 is 1.26 bits per heavy atom. The largest absolute Gasteiger partial charge is 0.733 e. The molecule has 0 heterocycles. The van der Waals surface area contributed by atoms with Crippen molar-refractivity contribution in [1.82, 2.24) is 4.72 Å². The highest BCUT2D eigenvalue weighted by atomic mass is 32.2. The number of nitrogens with zero attached hydrogens (tertiary/aromatic N) is 1. The van der Waals surface area contributed by atoms with Crippen LogP contribution in [0.4, 0.5) is 5.69 Å². The number of hydrogen-bond acceptors (Lipinski definition) is 6. The molecular formula is C11H18N3O4S-. The number of benzene rings is 1. The summed E-state index contributed by atoms with van der Waals surface area (Å²) in [4.78, 5) is -0.244. The summed E-state index contributed by atoms with van der Waals surface area (Å²) in [7, 11) is -3.81. The van der Waals surface area contributed by atoms with Crippen LogP contribution in [0.1, 0.15) is 19.3 Å². The molecule has 0 bridgehead atoms. The van der Waals surface area contributed by atoms with Crippen molar-refractivity contribution < 1.29 is 13.6 Å². The highest BCUT2D eigenvalue weighted by Crippen LogP contribution is 2.22. The van der Waals surface area contributed by atoms with Crippen molar-refractivity contribution in [2.24, 2.45) is 5.73 Å². The summed E-state index contributed by atoms with van der Waals surface area (Å²) in [6, 6.07) is 5.45. The molecule has 1 rings (SSSR count). The molecule has 0 aromatic heterocycles. The molecule has 0 fully saturated rings. The number of nitrogens with two attached hydrogens (primary N) is 1. The van der Waals surface area contributed by atoms with Crippen molar-refractivity contribution in [3.8, 4) is 0 Å². The molecule has 0 aliphatic carbocycles. The third-order valence-electron chi connectivity index (χ3n) is 2.53. The summed E-state index contributed by atoms with van der Waals surface area (Å²) in [5.74, 6) is 0. The van der Waals surface area contributed by atoms with Gasteiger partial charge in [-0.25, -0.2) is 13.1 Å². The molecule has 0 amide bonds. The summed E-state index contributed by atoms with van der Waals surface area (Å²) in [6.07, 6.45) is 2.33. The fraction of sp³-hybridized carbons (Fsp3) is 0.455. The van der Waals surface area contributed by atoms with Crippen LogP contribution < -0.4 is 15.7 Å². The van der Waals surface area contributed by atoms with E-state index in [4.69, 9.17) is 10.9 Å². The predicted octanol–water partition coefficient (Wildman–Crippen LogP) is 0.787. The molecule has 0 saturated heterocycles. The van der Waals surface area contributed by atoms with E-state index < -0.39 is 15.2 Å². The Balaban J connectivity index is 2.72. The van der Waals surface area contributed by atoms with Crippen LogP contribution in [0.15, 0.2) is 29.2 Å². The monoisotopic (exact) mass is 288 g/mol. The van der Waals surface area contributed by atoms with Crippen LogP contribution in [0.5, 0.6) is 0 Å². The molecule has 0 radical (unpaired) electrons. The first-order valence-electron chi connectivity index (χ1n) is 5.94. The van der Waals surface area contributed by atoms with Gasteiger partial charge in [0.2, 0.25) is 10.0 Å². The van der Waals surface area contributed by atoms with Gasteiger partial charge < -0.3 is 16.2 Å². The summed E-state index contributed by atoms with van der Waals surface area (Å²) in [5.41, 5.74) is 5.03. The fourth-order valence-electron chi connectivity index (χ4n) is 1.57. The average molecular weight is 288 g/mol. The zero-order valence-electron chi connectivity index (χ0n) is 10.4. The maximum atomic E-state index is 12.0. The molecule has 0 atom stereocenters. The van der Waals surface area contributed by atoms with E-state index in [1.54, 1.807) is 0 Å². The zero-order chi connectivity index (χ0) is 14.3. The van der Waals surface area contributed by atoms with Gasteiger partial charge in [0.05, 0.1) is 5.69 Å². The lowest BCUT2D eigenvalue weighted by Crippen LogP contribution is -2.26. The second kappa shape index (κ2) is 7.41. The first-order chi connectivity index (χ1) is 8.99. The summed E-state index contributed by atoms with van der Waals surface area (Å²) < 4.78 is 26.3. The van der Waals surface area contributed by atoms with Crippen molar-refractivity contribution in [1.29, 1.82) is 0 Å². The quantitative estimate of drug-likeness (QED) is 0.480. The first-order valence-corrected chi connectivity index (χ1v) is 7.42. The van der Waals surface area contributed by atoms with E-state index in [1.165, 1.54) is 24.3 Å². The van der Waals surface area contributed by atoms with E-state index in [0.29, 0.717) is 13.0 Å². The van der Waals surface area contributed by atoms with Gasteiger partial charge in [-0.15, -0.1) is 0 Å². The standard InChI is InChI=1S/C11H18N3O4S/c12-8-4-1-5-9-13-19(17,18)11-7-3-2-6-10(11)14(15)16/h2-3,6-7,13,15H,1,4-5,8-9,12H2/q-1. The number of nitrogens with one attached hydrogen (secondary N) is 1. The Hall–Kier alpha value is -1.19. The van der Waals surface area contributed by atoms with Crippen molar-refractivity contribution in [3.05, 3.63) is 29.5 Å². The predicted molar refractivity (Wildman–Crippen MR) is 72.2 cm³/mol. The van der Waals surface area contributed by atoms with Gasteiger partial charge in [-0.2, -0.15) is 0 Å². The molecule has 19 heavy (non-hydrogen) atoms. The van der Waals surface area contributed by atoms with E-state index in [2.05, 4.69) is 4.72 Å². The number of rotatable bonds is 8. The number of unbranched alkanes of at least 4 members (excludes halogenated alkanes) is 2. The maximum absolute atomic E-state index is 12.0. The van der Waals surface area contributed by atoms with Crippen molar-refractivity contribution in [2.45, 2.75) is 24.2 Å². The molecule has 0 unspecified atom stereocenters. The SMILES string of the molecule is NCCCCCNS(=O)(=O)c1ccccc1N([O-])O. The van der Waals surface area contributed by atoms with Gasteiger partial charge >= 0.3 is 0 Å². The highest BCUT2D eigenvalue weighted by molar-refractivity contribution is 7.89. The Kier molecular flexibility index (Phi) is 6.19. The van der Waals surface area contributed by atoms with Crippen LogP contribution in [0.3, 0.4) is 0 Å². The Morgan fingerprint density at radius 3 is 2.58 bits per heavy atom. The number of hydrogen-bond donors (Lipinski definition) is 3. The van der Waals surface area contributed by atoms with Crippen molar-refractivity contribution in [2.75, 3.05) is 18.3 Å². The van der Waals surface area contributed by atoms with Crippen molar-refractivity contribution >= 4 is 15.7 Å². The lowest BCUT2D eigenvalue weighted by molar-refractivity contribution is 0.294. The van der Waals surface area contributed by atoms with E-state index in [1.807, 2.05) is 0 Å². The summed E-state index contributed by atoms with van der Waals surface area (Å²) in [5, 5.41) is 19.3. The molecule has 0 spiro atoms. The molecule has 7 nitrogen and oxygen atoms in total. The maximum Gasteiger partial charge on any atom is 0.242 e. The number of sulfonamides is 1. The fourth-order valence-corrected chi connectivity index (χ4v) is 2.82.